The summed E-state index contributed by atoms with van der Waals surface area (Å²) >= 11 is 0. The van der Waals surface area contributed by atoms with Crippen molar-refractivity contribution in [1.82, 2.24) is 15.3 Å². The van der Waals surface area contributed by atoms with Gasteiger partial charge in [0.05, 0.1) is 19.0 Å². The summed E-state index contributed by atoms with van der Waals surface area (Å²) in [5, 5.41) is 5.65. The van der Waals surface area contributed by atoms with Crippen LogP contribution in [0.5, 0.6) is 17.4 Å². The third-order valence-electron chi connectivity index (χ3n) is 5.22. The summed E-state index contributed by atoms with van der Waals surface area (Å²) in [4.78, 5) is 23.3. The number of nitrogens with one attached hydrogen (secondary N) is 2. The number of amides is 2. The molecule has 166 valence electrons. The van der Waals surface area contributed by atoms with Crippen LogP contribution in [-0.4, -0.2) is 36.2 Å². The normalized spacial score (nSPS) is 13.0. The van der Waals surface area contributed by atoms with E-state index in [0.29, 0.717) is 29.6 Å². The molecular weight excluding hydrogens is 406 g/mol. The third kappa shape index (κ3) is 5.46. The van der Waals surface area contributed by atoms with Gasteiger partial charge in [0.25, 0.3) is 0 Å². The highest BCUT2D eigenvalue weighted by atomic mass is 16.5. The third-order valence-corrected chi connectivity index (χ3v) is 5.22. The van der Waals surface area contributed by atoms with Crippen molar-refractivity contribution in [2.45, 2.75) is 26.3 Å². The fourth-order valence-electron chi connectivity index (χ4n) is 3.53. The van der Waals surface area contributed by atoms with E-state index in [9.17, 15) is 4.79 Å². The quantitative estimate of drug-likeness (QED) is 0.570. The summed E-state index contributed by atoms with van der Waals surface area (Å²) < 4.78 is 11.1. The Morgan fingerprint density at radius 2 is 1.91 bits per heavy atom. The second kappa shape index (κ2) is 10.00. The number of hydrogen-bond donors (Lipinski definition) is 2. The number of methoxy groups -OCH3 is 1. The Balaban J connectivity index is 1.30. The molecule has 2 N–H and O–H groups in total. The number of carbonyl (C=O) groups is 1. The lowest BCUT2D eigenvalue weighted by Gasteiger charge is -2.17. The minimum absolute atomic E-state index is 0.305. The summed E-state index contributed by atoms with van der Waals surface area (Å²) in [5.41, 5.74) is 2.65. The molecule has 32 heavy (non-hydrogen) atoms. The van der Waals surface area contributed by atoms with Crippen molar-refractivity contribution < 1.29 is 14.3 Å². The highest BCUT2D eigenvalue weighted by Gasteiger charge is 2.14. The molecule has 0 bridgehead atoms. The van der Waals surface area contributed by atoms with Crippen LogP contribution in [0.15, 0.2) is 54.9 Å². The van der Waals surface area contributed by atoms with Crippen LogP contribution >= 0.6 is 0 Å². The zero-order valence-corrected chi connectivity index (χ0v) is 18.3. The molecule has 2 amide bonds. The number of urea groups is 1. The number of nitrogens with zero attached hydrogens (tertiary/aromatic N) is 3. The van der Waals surface area contributed by atoms with Crippen LogP contribution in [0.1, 0.15) is 24.0 Å². The fourth-order valence-corrected chi connectivity index (χ4v) is 3.53. The number of anilines is 2. The van der Waals surface area contributed by atoms with E-state index in [0.717, 1.165) is 30.0 Å². The molecule has 1 fully saturated rings. The van der Waals surface area contributed by atoms with Gasteiger partial charge >= 0.3 is 6.03 Å². The number of benzene rings is 1. The van der Waals surface area contributed by atoms with E-state index in [-0.39, 0.29) is 6.03 Å². The second-order valence-corrected chi connectivity index (χ2v) is 7.67. The van der Waals surface area contributed by atoms with E-state index in [4.69, 9.17) is 9.47 Å². The number of aryl methyl sites for hydroxylation is 1. The number of carbonyl (C=O) groups excluding carboxylic acids is 1. The lowest BCUT2D eigenvalue weighted by atomic mass is 10.2. The van der Waals surface area contributed by atoms with Crippen LogP contribution in [0.4, 0.5) is 16.3 Å². The van der Waals surface area contributed by atoms with Crippen molar-refractivity contribution in [3.05, 3.63) is 66.0 Å². The standard InChI is InChI=1S/C24H27N5O3/c1-17-5-7-20(21(13-17)31-2)32-23-8-6-19(16-26-23)28-24(30)27-15-18-9-10-25-22(14-18)29-11-3-4-12-29/h5-10,13-14,16H,3-4,11-12,15H2,1-2H3,(H2,27,28,30). The Hall–Kier alpha value is -3.81. The van der Waals surface area contributed by atoms with Gasteiger partial charge < -0.3 is 25.0 Å². The summed E-state index contributed by atoms with van der Waals surface area (Å²) in [6.07, 6.45) is 5.73. The molecule has 0 aliphatic carbocycles. The Morgan fingerprint density at radius 3 is 2.66 bits per heavy atom. The first kappa shape index (κ1) is 21.4. The number of aromatic nitrogens is 2. The van der Waals surface area contributed by atoms with Gasteiger partial charge in [-0.25, -0.2) is 14.8 Å². The first-order chi connectivity index (χ1) is 15.6. The first-order valence-electron chi connectivity index (χ1n) is 10.6. The van der Waals surface area contributed by atoms with Crippen LogP contribution < -0.4 is 25.0 Å². The van der Waals surface area contributed by atoms with Gasteiger partial charge in [-0.05, 0) is 61.2 Å². The predicted molar refractivity (Wildman–Crippen MR) is 124 cm³/mol. The predicted octanol–water partition coefficient (Wildman–Crippen LogP) is 4.51. The van der Waals surface area contributed by atoms with Crippen LogP contribution in [-0.2, 0) is 6.54 Å². The minimum atomic E-state index is -0.305. The second-order valence-electron chi connectivity index (χ2n) is 7.67. The van der Waals surface area contributed by atoms with Crippen molar-refractivity contribution in [2.75, 3.05) is 30.4 Å². The van der Waals surface area contributed by atoms with Crippen molar-refractivity contribution in [2.24, 2.45) is 0 Å². The van der Waals surface area contributed by atoms with Crippen LogP contribution in [0.3, 0.4) is 0 Å². The van der Waals surface area contributed by atoms with E-state index in [2.05, 4.69) is 25.5 Å². The van der Waals surface area contributed by atoms with Gasteiger partial charge in [0.2, 0.25) is 5.88 Å². The highest BCUT2D eigenvalue weighted by molar-refractivity contribution is 5.89. The van der Waals surface area contributed by atoms with Gasteiger partial charge in [0, 0.05) is 31.9 Å². The number of pyridine rings is 2. The fraction of sp³-hybridized carbons (Fsp3) is 0.292. The van der Waals surface area contributed by atoms with Crippen molar-refractivity contribution in [3.63, 3.8) is 0 Å². The Morgan fingerprint density at radius 1 is 1.06 bits per heavy atom. The molecule has 1 aromatic carbocycles. The van der Waals surface area contributed by atoms with E-state index >= 15 is 0 Å². The molecule has 1 aliphatic rings. The van der Waals surface area contributed by atoms with Crippen molar-refractivity contribution >= 4 is 17.5 Å². The van der Waals surface area contributed by atoms with Gasteiger partial charge in [-0.1, -0.05) is 6.07 Å². The smallest absolute Gasteiger partial charge is 0.319 e. The monoisotopic (exact) mass is 433 g/mol. The van der Waals surface area contributed by atoms with E-state index in [1.165, 1.54) is 12.8 Å². The maximum atomic E-state index is 12.3. The molecule has 0 radical (unpaired) electrons. The lowest BCUT2D eigenvalue weighted by molar-refractivity contribution is 0.251. The molecule has 2 aromatic heterocycles. The summed E-state index contributed by atoms with van der Waals surface area (Å²) in [6, 6.07) is 12.7. The van der Waals surface area contributed by atoms with Gasteiger partial charge in [0.1, 0.15) is 5.82 Å². The Labute approximate surface area is 187 Å². The molecule has 1 aliphatic heterocycles. The first-order valence-corrected chi connectivity index (χ1v) is 10.6. The number of ether oxygens (including phenoxy) is 2. The molecule has 8 nitrogen and oxygen atoms in total. The highest BCUT2D eigenvalue weighted by Crippen LogP contribution is 2.31. The zero-order valence-electron chi connectivity index (χ0n) is 18.3. The molecule has 1 saturated heterocycles. The van der Waals surface area contributed by atoms with Gasteiger partial charge in [0.15, 0.2) is 11.5 Å². The Bertz CT molecular complexity index is 1070. The average Bonchev–Trinajstić information content (AvgIpc) is 3.35. The molecule has 3 heterocycles. The number of rotatable bonds is 7. The maximum absolute atomic E-state index is 12.3. The lowest BCUT2D eigenvalue weighted by Crippen LogP contribution is -2.28. The van der Waals surface area contributed by atoms with Gasteiger partial charge in [-0.3, -0.25) is 0 Å². The molecule has 0 saturated carbocycles. The van der Waals surface area contributed by atoms with Crippen molar-refractivity contribution in [3.8, 4) is 17.4 Å². The molecule has 3 aromatic rings. The largest absolute Gasteiger partial charge is 0.493 e. The van der Waals surface area contributed by atoms with E-state index in [1.807, 2.05) is 37.3 Å². The van der Waals surface area contributed by atoms with E-state index in [1.54, 1.807) is 31.6 Å². The van der Waals surface area contributed by atoms with Crippen LogP contribution in [0.2, 0.25) is 0 Å². The molecule has 8 heteroatoms. The summed E-state index contributed by atoms with van der Waals surface area (Å²) in [5.74, 6) is 2.59. The van der Waals surface area contributed by atoms with Gasteiger partial charge in [-0.15, -0.1) is 0 Å². The molecule has 0 atom stereocenters. The molecule has 0 unspecified atom stereocenters. The van der Waals surface area contributed by atoms with Crippen LogP contribution in [0.25, 0.3) is 0 Å². The summed E-state index contributed by atoms with van der Waals surface area (Å²) in [6.45, 7) is 4.47. The SMILES string of the molecule is COc1cc(C)ccc1Oc1ccc(NC(=O)NCc2ccnc(N3CCCC3)c2)cn1. The molecule has 4 rings (SSSR count). The minimum Gasteiger partial charge on any atom is -0.493 e. The number of hydrogen-bond acceptors (Lipinski definition) is 6. The Kier molecular flexibility index (Phi) is 6.69. The zero-order chi connectivity index (χ0) is 22.3. The van der Waals surface area contributed by atoms with Crippen LogP contribution in [0, 0.1) is 6.92 Å². The maximum Gasteiger partial charge on any atom is 0.319 e. The topological polar surface area (TPSA) is 88.6 Å². The van der Waals surface area contributed by atoms with Crippen molar-refractivity contribution in [1.29, 1.82) is 0 Å². The summed E-state index contributed by atoms with van der Waals surface area (Å²) in [7, 11) is 1.60. The molecular formula is C24H27N5O3. The van der Waals surface area contributed by atoms with E-state index < -0.39 is 0 Å². The van der Waals surface area contributed by atoms with Gasteiger partial charge in [-0.2, -0.15) is 0 Å². The average molecular weight is 434 g/mol. The molecule has 0 spiro atoms.